The quantitative estimate of drug-likeness (QED) is 0.133. The van der Waals surface area contributed by atoms with Gasteiger partial charge in [0.05, 0.1) is 0 Å². The maximum atomic E-state index is 13.1. The minimum atomic E-state index is -0.726. The highest BCUT2D eigenvalue weighted by Crippen LogP contribution is 2.31. The maximum absolute atomic E-state index is 13.1. The zero-order chi connectivity index (χ0) is 30.1. The Balaban J connectivity index is 1.89. The Morgan fingerprint density at radius 2 is 0.524 bits per heavy atom. The lowest BCUT2D eigenvalue weighted by molar-refractivity contribution is 0.705. The lowest BCUT2D eigenvalue weighted by Gasteiger charge is -2.13. The first-order valence-corrected chi connectivity index (χ1v) is 12.3. The zero-order valence-electron chi connectivity index (χ0n) is 22.8. The van der Waals surface area contributed by atoms with Crippen LogP contribution in [-0.4, -0.2) is 57.3 Å². The fourth-order valence-electron chi connectivity index (χ4n) is 5.09. The molecule has 6 heterocycles. The summed E-state index contributed by atoms with van der Waals surface area (Å²) in [7, 11) is 8.14. The molecule has 42 heavy (non-hydrogen) atoms. The molecule has 0 bridgehead atoms. The highest BCUT2D eigenvalue weighted by molar-refractivity contribution is 6.20. The summed E-state index contributed by atoms with van der Waals surface area (Å²) in [6.45, 7) is 0. The fraction of sp³-hybridized carbons (Fsp3) is 0.250. The van der Waals surface area contributed by atoms with Gasteiger partial charge in [-0.2, -0.15) is 0 Å². The van der Waals surface area contributed by atoms with Gasteiger partial charge >= 0.3 is 17.1 Å². The SMILES string of the molecule is Cn1c(=O)c2nc3c4nc5c(=O)n(C)c(=O)n(C)c5nc4c4nc5c(nc4c3nc2n(C)c1=O)c(=O)n(C)c(=O)n5C. The van der Waals surface area contributed by atoms with Crippen molar-refractivity contribution >= 4 is 66.6 Å². The topological polar surface area (TPSA) is 209 Å². The monoisotopic (exact) mass is 570 g/mol. The van der Waals surface area contributed by atoms with Crippen molar-refractivity contribution in [3.8, 4) is 0 Å². The van der Waals surface area contributed by atoms with E-state index in [-0.39, 0.29) is 66.6 Å². The summed E-state index contributed by atoms with van der Waals surface area (Å²) in [5.41, 5.74) is -4.78. The predicted molar refractivity (Wildman–Crippen MR) is 150 cm³/mol. The van der Waals surface area contributed by atoms with E-state index in [0.717, 1.165) is 27.4 Å². The van der Waals surface area contributed by atoms with Crippen molar-refractivity contribution in [3.05, 3.63) is 62.5 Å². The van der Waals surface area contributed by atoms with Gasteiger partial charge in [-0.15, -0.1) is 0 Å². The maximum Gasteiger partial charge on any atom is 0.332 e. The van der Waals surface area contributed by atoms with Gasteiger partial charge < -0.3 is 0 Å². The normalized spacial score (nSPS) is 12.1. The van der Waals surface area contributed by atoms with E-state index in [1.807, 2.05) is 0 Å². The molecule has 18 heteroatoms. The molecule has 0 amide bonds. The van der Waals surface area contributed by atoms with E-state index in [1.54, 1.807) is 0 Å². The van der Waals surface area contributed by atoms with E-state index in [4.69, 9.17) is 0 Å². The number of benzene rings is 1. The van der Waals surface area contributed by atoms with Gasteiger partial charge in [0.15, 0.2) is 33.5 Å². The van der Waals surface area contributed by atoms with Gasteiger partial charge in [-0.3, -0.25) is 41.8 Å². The average Bonchev–Trinajstić information content (AvgIpc) is 3.00. The standard InChI is InChI=1S/C24H18N12O6/c1-31-16-13(19(37)34(4)22(31)40)25-7-8-11(29-17-14(26-8)20(38)35(5)23(41)32(17)2)12-9(10(7)28-16)27-15-18(30-12)33(3)24(42)36(6)21(15)39/h1-6H3. The Morgan fingerprint density at radius 1 is 0.310 bits per heavy atom. The van der Waals surface area contributed by atoms with Gasteiger partial charge in [-0.1, -0.05) is 0 Å². The molecule has 0 saturated heterocycles. The van der Waals surface area contributed by atoms with Crippen LogP contribution in [0.2, 0.25) is 0 Å². The number of hydrogen-bond donors (Lipinski definition) is 0. The van der Waals surface area contributed by atoms with Gasteiger partial charge in [-0.25, -0.2) is 44.3 Å². The number of fused-ring (bicyclic) bond motifs is 9. The lowest BCUT2D eigenvalue weighted by atomic mass is 10.1. The van der Waals surface area contributed by atoms with Gasteiger partial charge in [0.25, 0.3) is 16.7 Å². The summed E-state index contributed by atoms with van der Waals surface area (Å²) in [6, 6.07) is 0. The second kappa shape index (κ2) is 7.83. The lowest BCUT2D eigenvalue weighted by Crippen LogP contribution is -2.38. The van der Waals surface area contributed by atoms with Crippen LogP contribution in [0.3, 0.4) is 0 Å². The summed E-state index contributed by atoms with van der Waals surface area (Å²) >= 11 is 0. The first-order valence-electron chi connectivity index (χ1n) is 12.3. The van der Waals surface area contributed by atoms with E-state index in [1.165, 1.54) is 42.3 Å². The van der Waals surface area contributed by atoms with Crippen molar-refractivity contribution in [1.82, 2.24) is 57.3 Å². The summed E-state index contributed by atoms with van der Waals surface area (Å²) in [4.78, 5) is 105. The molecule has 7 aromatic rings. The third kappa shape index (κ3) is 2.86. The van der Waals surface area contributed by atoms with E-state index in [9.17, 15) is 28.8 Å². The predicted octanol–water partition coefficient (Wildman–Crippen LogP) is -2.83. The van der Waals surface area contributed by atoms with Crippen molar-refractivity contribution in [2.45, 2.75) is 0 Å². The molecule has 0 aliphatic rings. The van der Waals surface area contributed by atoms with Crippen LogP contribution in [0.4, 0.5) is 0 Å². The van der Waals surface area contributed by atoms with Crippen LogP contribution in [0.15, 0.2) is 28.8 Å². The van der Waals surface area contributed by atoms with Gasteiger partial charge in [0.1, 0.15) is 33.1 Å². The van der Waals surface area contributed by atoms with Crippen LogP contribution >= 0.6 is 0 Å². The minimum absolute atomic E-state index is 0.00533. The highest BCUT2D eigenvalue weighted by Gasteiger charge is 2.24. The number of rotatable bonds is 0. The molecule has 0 unspecified atom stereocenters. The first-order chi connectivity index (χ1) is 19.8. The number of nitrogens with zero attached hydrogens (tertiary/aromatic N) is 12. The molecule has 1 aromatic carbocycles. The number of aromatic nitrogens is 12. The van der Waals surface area contributed by atoms with Gasteiger partial charge in [-0.05, 0) is 0 Å². The smallest absolute Gasteiger partial charge is 0.279 e. The molecular weight excluding hydrogens is 552 g/mol. The molecule has 0 saturated carbocycles. The molecule has 210 valence electrons. The molecular formula is C24H18N12O6. The third-order valence-electron chi connectivity index (χ3n) is 7.50. The molecule has 0 atom stereocenters. The second-order valence-corrected chi connectivity index (χ2v) is 9.90. The largest absolute Gasteiger partial charge is 0.332 e. The van der Waals surface area contributed by atoms with Crippen molar-refractivity contribution < 1.29 is 0 Å². The molecule has 0 aliphatic carbocycles. The molecule has 7 rings (SSSR count). The van der Waals surface area contributed by atoms with Gasteiger partial charge in [0.2, 0.25) is 0 Å². The fourth-order valence-corrected chi connectivity index (χ4v) is 5.09. The van der Waals surface area contributed by atoms with Crippen molar-refractivity contribution in [3.63, 3.8) is 0 Å². The minimum Gasteiger partial charge on any atom is -0.279 e. The second-order valence-electron chi connectivity index (χ2n) is 9.90. The van der Waals surface area contributed by atoms with Crippen LogP contribution in [0.5, 0.6) is 0 Å². The van der Waals surface area contributed by atoms with Crippen LogP contribution in [0, 0.1) is 0 Å². The molecule has 18 nitrogen and oxygen atoms in total. The molecule has 0 spiro atoms. The Bertz CT molecular complexity index is 2830. The third-order valence-corrected chi connectivity index (χ3v) is 7.50. The Labute approximate surface area is 229 Å². The van der Waals surface area contributed by atoms with Crippen LogP contribution in [0.25, 0.3) is 66.6 Å². The summed E-state index contributed by atoms with van der Waals surface area (Å²) in [6.07, 6.45) is 0. The Morgan fingerprint density at radius 3 is 0.762 bits per heavy atom. The van der Waals surface area contributed by atoms with Crippen molar-refractivity contribution in [2.75, 3.05) is 0 Å². The summed E-state index contributed by atoms with van der Waals surface area (Å²) in [5.74, 6) is 0. The van der Waals surface area contributed by atoms with Crippen molar-refractivity contribution in [1.29, 1.82) is 0 Å². The van der Waals surface area contributed by atoms with E-state index in [0.29, 0.717) is 0 Å². The van der Waals surface area contributed by atoms with E-state index >= 15 is 0 Å². The zero-order valence-corrected chi connectivity index (χ0v) is 22.8. The van der Waals surface area contributed by atoms with Crippen molar-refractivity contribution in [2.24, 2.45) is 42.3 Å². The Kier molecular flexibility index (Phi) is 4.67. The summed E-state index contributed by atoms with van der Waals surface area (Å²) < 4.78 is 6.02. The number of hydrogen-bond acceptors (Lipinski definition) is 12. The van der Waals surface area contributed by atoms with Gasteiger partial charge in [0, 0.05) is 42.3 Å². The first kappa shape index (κ1) is 25.1. The molecule has 0 N–H and O–H groups in total. The van der Waals surface area contributed by atoms with Crippen LogP contribution in [-0.2, 0) is 42.3 Å². The Hall–Kier alpha value is -5.94. The van der Waals surface area contributed by atoms with E-state index < -0.39 is 33.7 Å². The molecule has 6 aromatic heterocycles. The molecule has 0 radical (unpaired) electrons. The number of aryl methyl sites for hydroxylation is 3. The summed E-state index contributed by atoms with van der Waals surface area (Å²) in [5, 5.41) is 0. The molecule has 0 fully saturated rings. The molecule has 0 aliphatic heterocycles. The van der Waals surface area contributed by atoms with E-state index in [2.05, 4.69) is 29.9 Å². The van der Waals surface area contributed by atoms with Crippen LogP contribution < -0.4 is 33.7 Å². The van der Waals surface area contributed by atoms with Crippen LogP contribution in [0.1, 0.15) is 0 Å². The average molecular weight is 570 g/mol. The highest BCUT2D eigenvalue weighted by atomic mass is 16.2.